The fourth-order valence-corrected chi connectivity index (χ4v) is 8.73. The average Bonchev–Trinajstić information content (AvgIpc) is 3.80. The van der Waals surface area contributed by atoms with Crippen molar-refractivity contribution in [2.75, 3.05) is 34.5 Å². The lowest BCUT2D eigenvalue weighted by atomic mass is 9.80. The van der Waals surface area contributed by atoms with Crippen LogP contribution in [0.15, 0.2) is 91.4 Å². The number of aliphatic hydroxyl groups is 1. The van der Waals surface area contributed by atoms with Gasteiger partial charge in [-0.2, -0.15) is 5.26 Å². The van der Waals surface area contributed by atoms with Gasteiger partial charge in [-0.25, -0.2) is 19.3 Å². The molecule has 6 rings (SSSR count). The van der Waals surface area contributed by atoms with Crippen LogP contribution in [0.25, 0.3) is 11.0 Å². The van der Waals surface area contributed by atoms with E-state index in [1.807, 2.05) is 107 Å². The predicted molar refractivity (Wildman–Crippen MR) is 210 cm³/mol. The zero-order valence-electron chi connectivity index (χ0n) is 32.7. The second-order valence-electron chi connectivity index (χ2n) is 13.8. The van der Waals surface area contributed by atoms with Gasteiger partial charge in [-0.05, 0) is 68.7 Å². The van der Waals surface area contributed by atoms with Gasteiger partial charge < -0.3 is 33.3 Å². The quantitative estimate of drug-likeness (QED) is 0.0415. The Hall–Kier alpha value is -4.71. The van der Waals surface area contributed by atoms with Gasteiger partial charge >= 0.3 is 0 Å². The molecule has 5 aromatic rings. The van der Waals surface area contributed by atoms with Crippen LogP contribution >= 0.6 is 8.53 Å². The van der Waals surface area contributed by atoms with Gasteiger partial charge in [0.15, 0.2) is 11.9 Å². The number of fused-ring (bicyclic) bond motifs is 1. The van der Waals surface area contributed by atoms with Crippen molar-refractivity contribution in [3.05, 3.63) is 108 Å². The fourth-order valence-electron chi connectivity index (χ4n) is 6.98. The number of nitrogens with zero attached hydrogens (tertiary/aromatic N) is 6. The number of methoxy groups -OCH3 is 3. The molecule has 15 heteroatoms. The molecule has 4 atom stereocenters. The predicted octanol–water partition coefficient (Wildman–Crippen LogP) is 7.13. The van der Waals surface area contributed by atoms with Crippen molar-refractivity contribution in [1.29, 1.82) is 5.26 Å². The SMILES string of the molecule is COc1ccc(C(OC[C@H]2O[C@H](n3cc4c(OC)ncnc4n3)C[C@@]2(O)OP(OCCC#N)N(C(C)C)C(C)C)(c2ccccc2)c2ccc(OC)cc2)cc1. The van der Waals surface area contributed by atoms with Crippen LogP contribution in [0.3, 0.4) is 0 Å². The highest BCUT2D eigenvalue weighted by Gasteiger charge is 2.54. The van der Waals surface area contributed by atoms with Crippen LogP contribution in [0.5, 0.6) is 17.4 Å². The van der Waals surface area contributed by atoms with E-state index < -0.39 is 32.2 Å². The summed E-state index contributed by atoms with van der Waals surface area (Å²) in [6, 6.07) is 27.4. The van der Waals surface area contributed by atoms with Crippen LogP contribution < -0.4 is 14.2 Å². The molecule has 296 valence electrons. The molecular formula is C41H49N6O8P. The Morgan fingerprint density at radius 3 is 2.07 bits per heavy atom. The molecule has 0 saturated carbocycles. The van der Waals surface area contributed by atoms with Crippen molar-refractivity contribution in [2.24, 2.45) is 0 Å². The van der Waals surface area contributed by atoms with Gasteiger partial charge in [0.05, 0.1) is 53.5 Å². The summed E-state index contributed by atoms with van der Waals surface area (Å²) in [5, 5.41) is 27.4. The third kappa shape index (κ3) is 8.50. The first kappa shape index (κ1) is 40.9. The third-order valence-electron chi connectivity index (χ3n) is 9.60. The fraction of sp³-hybridized carbons (Fsp3) is 0.415. The summed E-state index contributed by atoms with van der Waals surface area (Å²) in [6.07, 6.45) is 1.33. The van der Waals surface area contributed by atoms with E-state index in [0.29, 0.717) is 28.4 Å². The standard InChI is InChI=1S/C41H49N6O8P/c1-28(2)47(29(3)4)56(53-23-11-22-42)55-40(48)24-37(46-25-35-38(45-46)43-27-44-39(35)51-7)54-36(40)26-52-41(30-12-9-8-10-13-30,31-14-18-33(49-5)19-15-31)32-16-20-34(50-6)21-17-32/h8-10,12-21,25,27-29,36-37,48H,11,23-24,26H2,1-7H3/t36-,37+,40-,56?/m1/s1. The first-order valence-corrected chi connectivity index (χ1v) is 19.6. The molecular weight excluding hydrogens is 735 g/mol. The molecule has 3 aromatic carbocycles. The van der Waals surface area contributed by atoms with E-state index in [0.717, 1.165) is 16.7 Å². The highest BCUT2D eigenvalue weighted by molar-refractivity contribution is 7.44. The minimum Gasteiger partial charge on any atom is -0.497 e. The minimum absolute atomic E-state index is 0.0158. The molecule has 56 heavy (non-hydrogen) atoms. The van der Waals surface area contributed by atoms with Crippen LogP contribution in [0.2, 0.25) is 0 Å². The monoisotopic (exact) mass is 784 g/mol. The molecule has 0 bridgehead atoms. The molecule has 0 radical (unpaired) electrons. The largest absolute Gasteiger partial charge is 0.497 e. The highest BCUT2D eigenvalue weighted by atomic mass is 31.2. The molecule has 2 aromatic heterocycles. The third-order valence-corrected chi connectivity index (χ3v) is 11.8. The molecule has 0 amide bonds. The Balaban J connectivity index is 1.46. The van der Waals surface area contributed by atoms with E-state index >= 15 is 0 Å². The smallest absolute Gasteiger partial charge is 0.261 e. The molecule has 14 nitrogen and oxygen atoms in total. The van der Waals surface area contributed by atoms with Crippen LogP contribution in [-0.4, -0.2) is 88.0 Å². The van der Waals surface area contributed by atoms with Crippen molar-refractivity contribution in [1.82, 2.24) is 24.4 Å². The Morgan fingerprint density at radius 1 is 0.911 bits per heavy atom. The van der Waals surface area contributed by atoms with Gasteiger partial charge in [-0.15, -0.1) is 5.10 Å². The summed E-state index contributed by atoms with van der Waals surface area (Å²) in [5.74, 6) is -0.224. The maximum absolute atomic E-state index is 12.8. The van der Waals surface area contributed by atoms with Gasteiger partial charge in [-0.3, -0.25) is 4.52 Å². The van der Waals surface area contributed by atoms with Gasteiger partial charge in [0, 0.05) is 18.3 Å². The molecule has 0 spiro atoms. The molecule has 1 saturated heterocycles. The molecule has 1 aliphatic rings. The van der Waals surface area contributed by atoms with E-state index in [9.17, 15) is 10.4 Å². The molecule has 1 fully saturated rings. The summed E-state index contributed by atoms with van der Waals surface area (Å²) in [7, 11) is 2.87. The van der Waals surface area contributed by atoms with E-state index in [4.69, 9.17) is 32.7 Å². The average molecular weight is 785 g/mol. The topological polar surface area (TPSA) is 155 Å². The Morgan fingerprint density at radius 2 is 1.52 bits per heavy atom. The second-order valence-corrected chi connectivity index (χ2v) is 15.2. The zero-order valence-corrected chi connectivity index (χ0v) is 33.6. The van der Waals surface area contributed by atoms with Crippen molar-refractivity contribution < 1.29 is 37.8 Å². The minimum atomic E-state index is -1.96. The summed E-state index contributed by atoms with van der Waals surface area (Å²) in [5.41, 5.74) is 1.66. The maximum atomic E-state index is 12.8. The zero-order chi connectivity index (χ0) is 39.9. The summed E-state index contributed by atoms with van der Waals surface area (Å²) < 4.78 is 47.1. The van der Waals surface area contributed by atoms with E-state index in [1.54, 1.807) is 25.1 Å². The number of hydrogen-bond acceptors (Lipinski definition) is 13. The number of ether oxygens (including phenoxy) is 5. The summed E-state index contributed by atoms with van der Waals surface area (Å²) in [4.78, 5) is 8.54. The molecule has 1 unspecified atom stereocenters. The van der Waals surface area contributed by atoms with Crippen molar-refractivity contribution in [3.63, 3.8) is 0 Å². The van der Waals surface area contributed by atoms with Gasteiger partial charge in [-0.1, -0.05) is 54.6 Å². The van der Waals surface area contributed by atoms with Gasteiger partial charge in [0.1, 0.15) is 34.9 Å². The molecule has 3 heterocycles. The lowest BCUT2D eigenvalue weighted by Gasteiger charge is -2.41. The summed E-state index contributed by atoms with van der Waals surface area (Å²) in [6.45, 7) is 8.11. The van der Waals surface area contributed by atoms with Crippen LogP contribution in [0, 0.1) is 11.3 Å². The van der Waals surface area contributed by atoms with E-state index in [1.165, 1.54) is 13.4 Å². The van der Waals surface area contributed by atoms with E-state index in [2.05, 4.69) is 25.8 Å². The molecule has 0 aliphatic carbocycles. The number of aromatic nitrogens is 4. The van der Waals surface area contributed by atoms with Crippen LogP contribution in [0.1, 0.15) is 63.5 Å². The number of rotatable bonds is 18. The van der Waals surface area contributed by atoms with E-state index in [-0.39, 0.29) is 38.1 Å². The Bertz CT molecular complexity index is 2010. The number of nitriles is 1. The van der Waals surface area contributed by atoms with Crippen molar-refractivity contribution in [2.45, 2.75) is 76.3 Å². The first-order valence-electron chi connectivity index (χ1n) is 18.4. The Labute approximate surface area is 328 Å². The number of benzene rings is 3. The molecule has 1 aliphatic heterocycles. The normalized spacial score (nSPS) is 19.1. The summed E-state index contributed by atoms with van der Waals surface area (Å²) >= 11 is 0. The lowest BCUT2D eigenvalue weighted by Crippen LogP contribution is -2.47. The highest BCUT2D eigenvalue weighted by Crippen LogP contribution is 2.54. The maximum Gasteiger partial charge on any atom is 0.261 e. The Kier molecular flexibility index (Phi) is 13.2. The first-order chi connectivity index (χ1) is 27.1. The van der Waals surface area contributed by atoms with Crippen molar-refractivity contribution in [3.8, 4) is 23.4 Å². The van der Waals surface area contributed by atoms with Crippen molar-refractivity contribution >= 4 is 19.6 Å². The number of hydrogen-bond donors (Lipinski definition) is 1. The van der Waals surface area contributed by atoms with Gasteiger partial charge in [0.25, 0.3) is 8.53 Å². The lowest BCUT2D eigenvalue weighted by molar-refractivity contribution is -0.201. The molecule has 1 N–H and O–H groups in total. The van der Waals surface area contributed by atoms with Crippen LogP contribution in [-0.2, 0) is 24.1 Å². The second kappa shape index (κ2) is 18.0. The van der Waals surface area contributed by atoms with Crippen LogP contribution in [0.4, 0.5) is 0 Å². The van der Waals surface area contributed by atoms with Gasteiger partial charge in [0.2, 0.25) is 11.7 Å².